The van der Waals surface area contributed by atoms with Crippen LogP contribution in [0.5, 0.6) is 11.5 Å². The Balaban J connectivity index is 1.37. The van der Waals surface area contributed by atoms with Crippen LogP contribution in [0, 0.1) is 0 Å². The Morgan fingerprint density at radius 3 is 2.38 bits per heavy atom. The van der Waals surface area contributed by atoms with E-state index in [1.807, 2.05) is 18.6 Å². The van der Waals surface area contributed by atoms with Gasteiger partial charge in [0.1, 0.15) is 23.1 Å². The lowest BCUT2D eigenvalue weighted by Gasteiger charge is -2.34. The van der Waals surface area contributed by atoms with Gasteiger partial charge in [0, 0.05) is 48.0 Å². The number of aryl methyl sites for hydroxylation is 2. The first-order chi connectivity index (χ1) is 14.1. The number of rotatable bonds is 2. The summed E-state index contributed by atoms with van der Waals surface area (Å²) in [5.74, 6) is 3.69. The fourth-order valence-corrected chi connectivity index (χ4v) is 4.68. The van der Waals surface area contributed by atoms with E-state index in [-0.39, 0.29) is 5.54 Å². The van der Waals surface area contributed by atoms with Crippen molar-refractivity contribution in [2.75, 3.05) is 0 Å². The molecule has 144 valence electrons. The number of hydrogen-bond donors (Lipinski definition) is 0. The molecule has 5 nitrogen and oxygen atoms in total. The van der Waals surface area contributed by atoms with Crippen LogP contribution in [-0.4, -0.2) is 19.1 Å². The van der Waals surface area contributed by atoms with Crippen molar-refractivity contribution in [3.8, 4) is 34.3 Å². The fraction of sp³-hybridized carbons (Fsp3) is 0.250. The highest BCUT2D eigenvalue weighted by atomic mass is 16.5. The third kappa shape index (κ3) is 2.54. The van der Waals surface area contributed by atoms with Crippen LogP contribution in [-0.2, 0) is 24.9 Å². The standard InChI is InChI=1S/C24H22N4O/c1-24(2)15-17-4-6-19(14-21(17)23-26-9-12-28(23)24)29-18-5-3-16-7-10-27-11-8-25-22(27)20(16)13-18/h3-6,8-9,11-14H,7,10,15H2,1-2H3. The van der Waals surface area contributed by atoms with Gasteiger partial charge >= 0.3 is 0 Å². The van der Waals surface area contributed by atoms with E-state index in [2.05, 4.69) is 75.5 Å². The first kappa shape index (κ1) is 16.6. The summed E-state index contributed by atoms with van der Waals surface area (Å²) in [6, 6.07) is 12.7. The van der Waals surface area contributed by atoms with Gasteiger partial charge in [-0.2, -0.15) is 0 Å². The Hall–Kier alpha value is -3.34. The SMILES string of the molecule is CC1(C)Cc2ccc(Oc3ccc4c(c3)-c3nccn3CC4)cc2-c2nccn21. The number of nitrogens with zero attached hydrogens (tertiary/aromatic N) is 4. The molecule has 4 heterocycles. The minimum Gasteiger partial charge on any atom is -0.457 e. The topological polar surface area (TPSA) is 44.9 Å². The van der Waals surface area contributed by atoms with Crippen LogP contribution in [0.3, 0.4) is 0 Å². The van der Waals surface area contributed by atoms with Gasteiger partial charge < -0.3 is 13.9 Å². The molecule has 5 heteroatoms. The van der Waals surface area contributed by atoms with E-state index in [4.69, 9.17) is 4.74 Å². The van der Waals surface area contributed by atoms with E-state index in [1.165, 1.54) is 11.1 Å². The molecule has 2 aromatic heterocycles. The lowest BCUT2D eigenvalue weighted by atomic mass is 9.87. The largest absolute Gasteiger partial charge is 0.457 e. The van der Waals surface area contributed by atoms with Gasteiger partial charge in [-0.3, -0.25) is 0 Å². The summed E-state index contributed by atoms with van der Waals surface area (Å²) in [5, 5.41) is 0. The molecule has 0 N–H and O–H groups in total. The van der Waals surface area contributed by atoms with E-state index >= 15 is 0 Å². The Bertz CT molecular complexity index is 1250. The molecule has 0 bridgehead atoms. The number of fused-ring (bicyclic) bond motifs is 6. The molecular weight excluding hydrogens is 360 g/mol. The maximum absolute atomic E-state index is 6.27. The van der Waals surface area contributed by atoms with Crippen LogP contribution in [0.25, 0.3) is 22.8 Å². The first-order valence-corrected chi connectivity index (χ1v) is 10.1. The Morgan fingerprint density at radius 2 is 1.55 bits per heavy atom. The van der Waals surface area contributed by atoms with Crippen LogP contribution in [0.4, 0.5) is 0 Å². The second-order valence-electron chi connectivity index (χ2n) is 8.54. The average molecular weight is 382 g/mol. The predicted molar refractivity (Wildman–Crippen MR) is 112 cm³/mol. The quantitative estimate of drug-likeness (QED) is 0.487. The smallest absolute Gasteiger partial charge is 0.140 e. The predicted octanol–water partition coefficient (Wildman–Crippen LogP) is 5.05. The number of ether oxygens (including phenoxy) is 1. The molecule has 29 heavy (non-hydrogen) atoms. The minimum absolute atomic E-state index is 0.0294. The summed E-state index contributed by atoms with van der Waals surface area (Å²) in [6.45, 7) is 5.49. The molecule has 0 saturated carbocycles. The zero-order valence-electron chi connectivity index (χ0n) is 16.6. The Kier molecular flexibility index (Phi) is 3.34. The van der Waals surface area contributed by atoms with E-state index < -0.39 is 0 Å². The molecule has 4 aromatic rings. The number of imidazole rings is 2. The highest BCUT2D eigenvalue weighted by Crippen LogP contribution is 2.40. The van der Waals surface area contributed by atoms with Crippen LogP contribution < -0.4 is 4.74 Å². The lowest BCUT2D eigenvalue weighted by molar-refractivity contribution is 0.348. The zero-order chi connectivity index (χ0) is 19.6. The normalized spacial score (nSPS) is 15.8. The number of hydrogen-bond acceptors (Lipinski definition) is 3. The van der Waals surface area contributed by atoms with Crippen molar-refractivity contribution in [2.24, 2.45) is 0 Å². The maximum Gasteiger partial charge on any atom is 0.140 e. The first-order valence-electron chi connectivity index (χ1n) is 10.1. The van der Waals surface area contributed by atoms with Gasteiger partial charge in [0.05, 0.1) is 0 Å². The molecule has 0 aliphatic carbocycles. The molecule has 0 radical (unpaired) electrons. The number of benzene rings is 2. The second kappa shape index (κ2) is 5.83. The van der Waals surface area contributed by atoms with Gasteiger partial charge in [0.15, 0.2) is 0 Å². The maximum atomic E-state index is 6.27. The third-order valence-electron chi connectivity index (χ3n) is 6.13. The van der Waals surface area contributed by atoms with Crippen LogP contribution in [0.15, 0.2) is 61.2 Å². The van der Waals surface area contributed by atoms with Gasteiger partial charge in [0.25, 0.3) is 0 Å². The average Bonchev–Trinajstić information content (AvgIpc) is 3.38. The molecule has 0 saturated heterocycles. The van der Waals surface area contributed by atoms with Crippen LogP contribution in [0.2, 0.25) is 0 Å². The summed E-state index contributed by atoms with van der Waals surface area (Å²) in [7, 11) is 0. The summed E-state index contributed by atoms with van der Waals surface area (Å²) >= 11 is 0. The summed E-state index contributed by atoms with van der Waals surface area (Å²) in [4.78, 5) is 9.15. The van der Waals surface area contributed by atoms with Gasteiger partial charge in [-0.25, -0.2) is 9.97 Å². The summed E-state index contributed by atoms with van der Waals surface area (Å²) in [5.41, 5.74) is 4.98. The minimum atomic E-state index is 0.0294. The molecule has 0 spiro atoms. The molecule has 2 aromatic carbocycles. The van der Waals surface area contributed by atoms with Crippen molar-refractivity contribution in [1.82, 2.24) is 19.1 Å². The van der Waals surface area contributed by atoms with Crippen molar-refractivity contribution in [1.29, 1.82) is 0 Å². The molecule has 2 aliphatic heterocycles. The van der Waals surface area contributed by atoms with Crippen molar-refractivity contribution in [3.63, 3.8) is 0 Å². The molecule has 6 rings (SSSR count). The summed E-state index contributed by atoms with van der Waals surface area (Å²) in [6.07, 6.45) is 9.86. The molecule has 2 aliphatic rings. The van der Waals surface area contributed by atoms with Crippen LogP contribution >= 0.6 is 0 Å². The van der Waals surface area contributed by atoms with Gasteiger partial charge in [0.2, 0.25) is 0 Å². The van der Waals surface area contributed by atoms with Gasteiger partial charge in [-0.05, 0) is 62.1 Å². The van der Waals surface area contributed by atoms with Gasteiger partial charge in [-0.15, -0.1) is 0 Å². The zero-order valence-corrected chi connectivity index (χ0v) is 16.6. The van der Waals surface area contributed by atoms with Gasteiger partial charge in [-0.1, -0.05) is 12.1 Å². The molecule has 0 amide bonds. The fourth-order valence-electron chi connectivity index (χ4n) is 4.68. The monoisotopic (exact) mass is 382 g/mol. The van der Waals surface area contributed by atoms with E-state index in [0.717, 1.165) is 53.7 Å². The highest BCUT2D eigenvalue weighted by molar-refractivity contribution is 5.67. The summed E-state index contributed by atoms with van der Waals surface area (Å²) < 4.78 is 10.7. The van der Waals surface area contributed by atoms with Crippen molar-refractivity contribution in [3.05, 3.63) is 72.3 Å². The lowest BCUT2D eigenvalue weighted by Crippen LogP contribution is -2.32. The Morgan fingerprint density at radius 1 is 0.862 bits per heavy atom. The third-order valence-corrected chi connectivity index (χ3v) is 6.13. The molecular formula is C24H22N4O. The van der Waals surface area contributed by atoms with Crippen molar-refractivity contribution < 1.29 is 4.74 Å². The van der Waals surface area contributed by atoms with E-state index in [1.54, 1.807) is 0 Å². The van der Waals surface area contributed by atoms with Crippen LogP contribution in [0.1, 0.15) is 25.0 Å². The highest BCUT2D eigenvalue weighted by Gasteiger charge is 2.31. The Labute approximate surface area is 169 Å². The van der Waals surface area contributed by atoms with Crippen molar-refractivity contribution >= 4 is 0 Å². The molecule has 0 unspecified atom stereocenters. The van der Waals surface area contributed by atoms with E-state index in [0.29, 0.717) is 0 Å². The second-order valence-corrected chi connectivity index (χ2v) is 8.54. The molecule has 0 atom stereocenters. The number of aromatic nitrogens is 4. The van der Waals surface area contributed by atoms with Crippen molar-refractivity contribution in [2.45, 2.75) is 38.8 Å². The molecule has 0 fully saturated rings. The van der Waals surface area contributed by atoms with E-state index in [9.17, 15) is 0 Å².